The van der Waals surface area contributed by atoms with E-state index in [4.69, 9.17) is 20.4 Å². The van der Waals surface area contributed by atoms with Crippen molar-refractivity contribution in [2.24, 2.45) is 0 Å². The summed E-state index contributed by atoms with van der Waals surface area (Å²) in [6, 6.07) is 6.96. The summed E-state index contributed by atoms with van der Waals surface area (Å²) in [5.41, 5.74) is 1.97. The Balaban J connectivity index is 1.40. The molecular formula is C20H19ClN2O4. The van der Waals surface area contributed by atoms with Gasteiger partial charge in [0.25, 0.3) is 11.8 Å². The van der Waals surface area contributed by atoms with E-state index < -0.39 is 0 Å². The minimum absolute atomic E-state index is 0.00194. The van der Waals surface area contributed by atoms with Gasteiger partial charge in [-0.15, -0.1) is 0 Å². The number of carbonyl (C=O) groups excluding carboxylic acids is 2. The number of piperidine rings is 1. The molecular weight excluding hydrogens is 368 g/mol. The summed E-state index contributed by atoms with van der Waals surface area (Å²) in [6.07, 6.45) is 4.33. The number of benzene rings is 1. The van der Waals surface area contributed by atoms with Crippen molar-refractivity contribution in [3.8, 4) is 0 Å². The van der Waals surface area contributed by atoms with Crippen LogP contribution in [0.15, 0.2) is 45.6 Å². The first-order chi connectivity index (χ1) is 13.0. The van der Waals surface area contributed by atoms with Crippen molar-refractivity contribution in [1.82, 2.24) is 10.2 Å². The summed E-state index contributed by atoms with van der Waals surface area (Å²) in [7, 11) is 0. The fourth-order valence-corrected chi connectivity index (χ4v) is 3.63. The molecule has 0 unspecified atom stereocenters. The highest BCUT2D eigenvalue weighted by Gasteiger charge is 2.27. The van der Waals surface area contributed by atoms with Gasteiger partial charge in [-0.2, -0.15) is 0 Å². The van der Waals surface area contributed by atoms with Crippen LogP contribution in [0, 0.1) is 6.92 Å². The Morgan fingerprint density at radius 1 is 1.22 bits per heavy atom. The fourth-order valence-electron chi connectivity index (χ4n) is 3.46. The van der Waals surface area contributed by atoms with E-state index in [1.165, 1.54) is 12.5 Å². The first kappa shape index (κ1) is 17.7. The number of nitrogens with one attached hydrogen (secondary N) is 1. The molecule has 1 aromatic carbocycles. The predicted octanol–water partition coefficient (Wildman–Crippen LogP) is 4.02. The first-order valence-corrected chi connectivity index (χ1v) is 9.21. The van der Waals surface area contributed by atoms with E-state index in [0.29, 0.717) is 47.9 Å². The van der Waals surface area contributed by atoms with E-state index >= 15 is 0 Å². The van der Waals surface area contributed by atoms with Gasteiger partial charge in [0.05, 0.1) is 11.8 Å². The molecule has 1 saturated heterocycles. The van der Waals surface area contributed by atoms with E-state index in [1.54, 1.807) is 29.2 Å². The van der Waals surface area contributed by atoms with Gasteiger partial charge in [-0.3, -0.25) is 9.59 Å². The Hall–Kier alpha value is -2.73. The molecule has 2 aromatic heterocycles. The minimum Gasteiger partial charge on any atom is -0.472 e. The van der Waals surface area contributed by atoms with Gasteiger partial charge < -0.3 is 19.1 Å². The molecule has 3 heterocycles. The Kier molecular flexibility index (Phi) is 4.66. The lowest BCUT2D eigenvalue weighted by atomic mass is 10.0. The molecule has 3 aromatic rings. The van der Waals surface area contributed by atoms with Crippen molar-refractivity contribution in [3.05, 3.63) is 58.7 Å². The lowest BCUT2D eigenvalue weighted by Gasteiger charge is -2.32. The summed E-state index contributed by atoms with van der Waals surface area (Å²) in [5.74, 6) is 0.0298. The Morgan fingerprint density at radius 3 is 2.70 bits per heavy atom. The predicted molar refractivity (Wildman–Crippen MR) is 101 cm³/mol. The number of carbonyl (C=O) groups is 2. The smallest absolute Gasteiger partial charge is 0.287 e. The second-order valence-electron chi connectivity index (χ2n) is 6.75. The molecule has 1 aliphatic heterocycles. The second kappa shape index (κ2) is 7.12. The molecule has 4 rings (SSSR count). The first-order valence-electron chi connectivity index (χ1n) is 8.84. The van der Waals surface area contributed by atoms with Gasteiger partial charge in [0, 0.05) is 35.1 Å². The maximum atomic E-state index is 12.7. The third-order valence-corrected chi connectivity index (χ3v) is 5.23. The van der Waals surface area contributed by atoms with Crippen molar-refractivity contribution in [2.75, 3.05) is 13.1 Å². The fraction of sp³-hybridized carbons (Fsp3) is 0.300. The standard InChI is InChI=1S/C20H19ClN2O4/c1-12-16-10-14(21)2-3-17(16)27-18(12)19(24)22-15-4-7-23(8-5-15)20(25)13-6-9-26-11-13/h2-3,6,9-11,15H,4-5,7-8H2,1H3,(H,22,24). The van der Waals surface area contributed by atoms with Crippen molar-refractivity contribution in [2.45, 2.75) is 25.8 Å². The van der Waals surface area contributed by atoms with Crippen LogP contribution >= 0.6 is 11.6 Å². The number of hydrogen-bond acceptors (Lipinski definition) is 4. The molecule has 6 nitrogen and oxygen atoms in total. The third kappa shape index (κ3) is 3.45. The number of fused-ring (bicyclic) bond motifs is 1. The number of furan rings is 2. The number of nitrogens with zero attached hydrogens (tertiary/aromatic N) is 1. The van der Waals surface area contributed by atoms with Crippen molar-refractivity contribution in [1.29, 1.82) is 0 Å². The van der Waals surface area contributed by atoms with Crippen LogP contribution in [0.3, 0.4) is 0 Å². The van der Waals surface area contributed by atoms with E-state index in [2.05, 4.69) is 5.32 Å². The molecule has 7 heteroatoms. The summed E-state index contributed by atoms with van der Waals surface area (Å²) < 4.78 is 10.7. The summed E-state index contributed by atoms with van der Waals surface area (Å²) in [6.45, 7) is 3.02. The zero-order valence-corrected chi connectivity index (χ0v) is 15.6. The van der Waals surface area contributed by atoms with Crippen LogP contribution in [0.4, 0.5) is 0 Å². The van der Waals surface area contributed by atoms with Gasteiger partial charge in [-0.05, 0) is 44.0 Å². The SMILES string of the molecule is Cc1c(C(=O)NC2CCN(C(=O)c3ccoc3)CC2)oc2ccc(Cl)cc12. The molecule has 0 atom stereocenters. The summed E-state index contributed by atoms with van der Waals surface area (Å²) in [5, 5.41) is 4.47. The zero-order chi connectivity index (χ0) is 19.0. The maximum absolute atomic E-state index is 12.7. The lowest BCUT2D eigenvalue weighted by molar-refractivity contribution is 0.0695. The highest BCUT2D eigenvalue weighted by Crippen LogP contribution is 2.28. The minimum atomic E-state index is -0.237. The number of halogens is 1. The van der Waals surface area contributed by atoms with Gasteiger partial charge >= 0.3 is 0 Å². The van der Waals surface area contributed by atoms with Crippen LogP contribution in [-0.4, -0.2) is 35.8 Å². The number of likely N-dealkylation sites (tertiary alicyclic amines) is 1. The Bertz CT molecular complexity index is 985. The lowest BCUT2D eigenvalue weighted by Crippen LogP contribution is -2.46. The monoisotopic (exact) mass is 386 g/mol. The molecule has 0 bridgehead atoms. The quantitative estimate of drug-likeness (QED) is 0.737. The molecule has 27 heavy (non-hydrogen) atoms. The van der Waals surface area contributed by atoms with Crippen molar-refractivity contribution < 1.29 is 18.4 Å². The number of hydrogen-bond donors (Lipinski definition) is 1. The Labute approximate surface area is 161 Å². The van der Waals surface area contributed by atoms with Crippen LogP contribution in [0.5, 0.6) is 0 Å². The summed E-state index contributed by atoms with van der Waals surface area (Å²) in [4.78, 5) is 26.8. The Morgan fingerprint density at radius 2 is 2.00 bits per heavy atom. The average molecular weight is 387 g/mol. The molecule has 0 saturated carbocycles. The van der Waals surface area contributed by atoms with Gasteiger partial charge in [0.1, 0.15) is 11.8 Å². The molecule has 0 aliphatic carbocycles. The zero-order valence-electron chi connectivity index (χ0n) is 14.8. The third-order valence-electron chi connectivity index (χ3n) is 4.99. The average Bonchev–Trinajstić information content (AvgIpc) is 3.31. The van der Waals surface area contributed by atoms with Crippen LogP contribution in [0.1, 0.15) is 39.3 Å². The normalized spacial score (nSPS) is 15.3. The maximum Gasteiger partial charge on any atom is 0.287 e. The topological polar surface area (TPSA) is 75.7 Å². The van der Waals surface area contributed by atoms with Crippen LogP contribution < -0.4 is 5.32 Å². The number of aryl methyl sites for hydroxylation is 1. The summed E-state index contributed by atoms with van der Waals surface area (Å²) >= 11 is 6.03. The molecule has 1 fully saturated rings. The second-order valence-corrected chi connectivity index (χ2v) is 7.19. The highest BCUT2D eigenvalue weighted by atomic mass is 35.5. The van der Waals surface area contributed by atoms with Crippen LogP contribution in [0.2, 0.25) is 5.02 Å². The van der Waals surface area contributed by atoms with E-state index in [9.17, 15) is 9.59 Å². The molecule has 140 valence electrons. The van der Waals surface area contributed by atoms with Gasteiger partial charge in [0.15, 0.2) is 5.76 Å². The van der Waals surface area contributed by atoms with Crippen molar-refractivity contribution >= 4 is 34.4 Å². The molecule has 1 aliphatic rings. The largest absolute Gasteiger partial charge is 0.472 e. The highest BCUT2D eigenvalue weighted by molar-refractivity contribution is 6.31. The van der Waals surface area contributed by atoms with Gasteiger partial charge in [-0.25, -0.2) is 0 Å². The van der Waals surface area contributed by atoms with Crippen LogP contribution in [-0.2, 0) is 0 Å². The molecule has 0 radical (unpaired) electrons. The molecule has 1 N–H and O–H groups in total. The van der Waals surface area contributed by atoms with E-state index in [-0.39, 0.29) is 17.9 Å². The number of rotatable bonds is 3. The molecule has 0 spiro atoms. The number of amides is 2. The van der Waals surface area contributed by atoms with Crippen LogP contribution in [0.25, 0.3) is 11.0 Å². The molecule has 2 amide bonds. The van der Waals surface area contributed by atoms with Gasteiger partial charge in [-0.1, -0.05) is 11.6 Å². The van der Waals surface area contributed by atoms with Gasteiger partial charge in [0.2, 0.25) is 0 Å². The van der Waals surface area contributed by atoms with E-state index in [0.717, 1.165) is 10.9 Å². The van der Waals surface area contributed by atoms with E-state index in [1.807, 2.05) is 6.92 Å². The van der Waals surface area contributed by atoms with Crippen molar-refractivity contribution in [3.63, 3.8) is 0 Å².